The van der Waals surface area contributed by atoms with Crippen molar-refractivity contribution in [3.05, 3.63) is 48.0 Å². The van der Waals surface area contributed by atoms with Gasteiger partial charge in [0, 0.05) is 11.3 Å². The Morgan fingerprint density at radius 2 is 1.83 bits per heavy atom. The second kappa shape index (κ2) is 6.63. The highest BCUT2D eigenvalue weighted by Gasteiger charge is 2.36. The molecule has 1 heterocycles. The van der Waals surface area contributed by atoms with Gasteiger partial charge in [-0.2, -0.15) is 0 Å². The van der Waals surface area contributed by atoms with Crippen LogP contribution < -0.4 is 16.4 Å². The molecule has 0 aromatic heterocycles. The second-order valence-electron chi connectivity index (χ2n) is 5.85. The summed E-state index contributed by atoms with van der Waals surface area (Å²) in [5.74, 6) is -1.17. The minimum absolute atomic E-state index is 0. The number of hydrogen-bond donors (Lipinski definition) is 2. The topological polar surface area (TPSA) is 89.4 Å². The minimum Gasteiger partial charge on any atom is -0.398 e. The molecule has 0 fully saturated rings. The molecule has 0 saturated carbocycles. The molecule has 5 nitrogen and oxygen atoms in total. The van der Waals surface area contributed by atoms with Crippen LogP contribution in [0.3, 0.4) is 0 Å². The van der Waals surface area contributed by atoms with E-state index in [2.05, 4.69) is 0 Å². The molecule has 1 aliphatic heterocycles. The van der Waals surface area contributed by atoms with Crippen LogP contribution in [-0.2, 0) is 9.59 Å². The second-order valence-corrected chi connectivity index (χ2v) is 5.85. The Bertz CT molecular complexity index is 805. The van der Waals surface area contributed by atoms with E-state index in [4.69, 9.17) is 11.5 Å². The van der Waals surface area contributed by atoms with Crippen molar-refractivity contribution in [3.8, 4) is 11.1 Å². The van der Waals surface area contributed by atoms with Gasteiger partial charge in [-0.3, -0.25) is 9.59 Å². The summed E-state index contributed by atoms with van der Waals surface area (Å²) in [6.45, 7) is 3.37. The molecule has 1 aliphatic rings. The summed E-state index contributed by atoms with van der Waals surface area (Å²) >= 11 is 0. The molecule has 2 aromatic rings. The largest absolute Gasteiger partial charge is 0.398 e. The Morgan fingerprint density at radius 3 is 2.50 bits per heavy atom. The summed E-state index contributed by atoms with van der Waals surface area (Å²) in [4.78, 5) is 26.7. The Balaban J connectivity index is 0.00000208. The number of benzene rings is 2. The molecule has 4 N–H and O–H groups in total. The third kappa shape index (κ3) is 2.66. The predicted molar refractivity (Wildman–Crippen MR) is 98.1 cm³/mol. The minimum atomic E-state index is -0.776. The Morgan fingerprint density at radius 1 is 1.17 bits per heavy atom. The van der Waals surface area contributed by atoms with E-state index < -0.39 is 17.9 Å². The molecule has 2 amide bonds. The van der Waals surface area contributed by atoms with E-state index in [-0.39, 0.29) is 18.3 Å². The fourth-order valence-electron chi connectivity index (χ4n) is 3.02. The molecule has 6 heteroatoms. The molecule has 2 aromatic carbocycles. The first-order chi connectivity index (χ1) is 10.9. The fraction of sp³-hybridized carbons (Fsp3) is 0.222. The van der Waals surface area contributed by atoms with E-state index in [0.717, 1.165) is 11.1 Å². The molecule has 0 spiro atoms. The number of carbonyl (C=O) groups is 2. The van der Waals surface area contributed by atoms with Gasteiger partial charge in [-0.25, -0.2) is 4.90 Å². The number of anilines is 2. The Kier molecular flexibility index (Phi) is 4.96. The normalized spacial score (nSPS) is 17.2. The molecular weight excluding hydrogens is 326 g/mol. The Labute approximate surface area is 147 Å². The van der Waals surface area contributed by atoms with Crippen LogP contribution in [0.15, 0.2) is 42.5 Å². The third-order valence-electron chi connectivity index (χ3n) is 4.21. The van der Waals surface area contributed by atoms with Crippen molar-refractivity contribution in [1.29, 1.82) is 0 Å². The van der Waals surface area contributed by atoms with Crippen LogP contribution in [0.4, 0.5) is 11.4 Å². The molecule has 0 radical (unpaired) electrons. The van der Waals surface area contributed by atoms with Crippen LogP contribution in [0.25, 0.3) is 11.1 Å². The van der Waals surface area contributed by atoms with Crippen LogP contribution in [0, 0.1) is 0 Å². The summed E-state index contributed by atoms with van der Waals surface area (Å²) < 4.78 is 0. The number of fused-ring (bicyclic) bond motifs is 3. The first kappa shape index (κ1) is 18.0. The predicted octanol–water partition coefficient (Wildman–Crippen LogP) is 2.68. The van der Waals surface area contributed by atoms with Gasteiger partial charge in [0.25, 0.3) is 0 Å². The number of nitrogen functional groups attached to an aromatic ring is 1. The van der Waals surface area contributed by atoms with E-state index in [1.54, 1.807) is 32.0 Å². The van der Waals surface area contributed by atoms with E-state index >= 15 is 0 Å². The van der Waals surface area contributed by atoms with Crippen molar-refractivity contribution in [2.24, 2.45) is 5.73 Å². The summed E-state index contributed by atoms with van der Waals surface area (Å²) in [6, 6.07) is 12.1. The molecule has 0 saturated heterocycles. The van der Waals surface area contributed by atoms with Crippen molar-refractivity contribution < 1.29 is 9.59 Å². The number of nitrogens with two attached hydrogens (primary N) is 2. The van der Waals surface area contributed by atoms with Gasteiger partial charge in [-0.05, 0) is 37.1 Å². The highest BCUT2D eigenvalue weighted by molar-refractivity contribution is 6.22. The molecule has 0 bridgehead atoms. The van der Waals surface area contributed by atoms with Crippen LogP contribution in [0.1, 0.15) is 25.3 Å². The monoisotopic (exact) mass is 345 g/mol. The van der Waals surface area contributed by atoms with E-state index in [0.29, 0.717) is 16.9 Å². The summed E-state index contributed by atoms with van der Waals surface area (Å²) in [7, 11) is 0. The van der Waals surface area contributed by atoms with Gasteiger partial charge in [-0.15, -0.1) is 12.4 Å². The van der Waals surface area contributed by atoms with Gasteiger partial charge >= 0.3 is 0 Å². The van der Waals surface area contributed by atoms with Crippen molar-refractivity contribution in [3.63, 3.8) is 0 Å². The zero-order chi connectivity index (χ0) is 16.7. The highest BCUT2D eigenvalue weighted by atomic mass is 35.5. The summed E-state index contributed by atoms with van der Waals surface area (Å²) in [6.07, 6.45) is 0. The molecule has 24 heavy (non-hydrogen) atoms. The van der Waals surface area contributed by atoms with Gasteiger partial charge in [0.05, 0.1) is 17.6 Å². The lowest BCUT2D eigenvalue weighted by Crippen LogP contribution is -2.46. The average Bonchev–Trinajstić information content (AvgIpc) is 2.62. The van der Waals surface area contributed by atoms with Crippen molar-refractivity contribution in [2.75, 3.05) is 10.6 Å². The van der Waals surface area contributed by atoms with Crippen LogP contribution in [-0.4, -0.2) is 17.9 Å². The van der Waals surface area contributed by atoms with Crippen molar-refractivity contribution in [2.45, 2.75) is 25.8 Å². The smallest absolute Gasteiger partial charge is 0.250 e. The Hall–Kier alpha value is -2.37. The maximum atomic E-state index is 12.9. The number of halogens is 1. The number of carbonyl (C=O) groups excluding carboxylic acids is 2. The number of nitrogens with zero attached hydrogens (tertiary/aromatic N) is 1. The van der Waals surface area contributed by atoms with Gasteiger partial charge in [-0.1, -0.05) is 30.3 Å². The van der Waals surface area contributed by atoms with Crippen LogP contribution in [0.5, 0.6) is 0 Å². The molecule has 126 valence electrons. The number of imide groups is 1. The zero-order valence-electron chi connectivity index (χ0n) is 13.5. The quantitative estimate of drug-likeness (QED) is 0.777. The zero-order valence-corrected chi connectivity index (χ0v) is 14.3. The maximum Gasteiger partial charge on any atom is 0.250 e. The lowest BCUT2D eigenvalue weighted by Gasteiger charge is -2.25. The molecule has 3 rings (SSSR count). The standard InChI is InChI=1S/C18H19N3O2.ClH/c1-10-12-6-3-4-7-13(12)16-14(20)8-5-9-15(16)21(17(10)22)18(23)11(2)19;/h3-11H,19-20H2,1-2H3;1H/t10?,11-;/m0./s1. The van der Waals surface area contributed by atoms with Gasteiger partial charge in [0.15, 0.2) is 0 Å². The number of amides is 2. The van der Waals surface area contributed by atoms with Gasteiger partial charge < -0.3 is 11.5 Å². The van der Waals surface area contributed by atoms with E-state index in [1.807, 2.05) is 24.3 Å². The van der Waals surface area contributed by atoms with E-state index in [9.17, 15) is 9.59 Å². The van der Waals surface area contributed by atoms with Gasteiger partial charge in [0.1, 0.15) is 0 Å². The van der Waals surface area contributed by atoms with Crippen LogP contribution in [0.2, 0.25) is 0 Å². The van der Waals surface area contributed by atoms with Gasteiger partial charge in [0.2, 0.25) is 11.8 Å². The third-order valence-corrected chi connectivity index (χ3v) is 4.21. The first-order valence-electron chi connectivity index (χ1n) is 7.54. The molecule has 2 atom stereocenters. The van der Waals surface area contributed by atoms with Crippen molar-refractivity contribution >= 4 is 35.6 Å². The molecule has 1 unspecified atom stereocenters. The number of rotatable bonds is 1. The molecule has 0 aliphatic carbocycles. The SMILES string of the molecule is CC1C(=O)N(C(=O)[C@H](C)N)c2cccc(N)c2-c2ccccc21.Cl. The highest BCUT2D eigenvalue weighted by Crippen LogP contribution is 2.43. The fourth-order valence-corrected chi connectivity index (χ4v) is 3.02. The lowest BCUT2D eigenvalue weighted by molar-refractivity contribution is -0.127. The van der Waals surface area contributed by atoms with Crippen LogP contribution >= 0.6 is 12.4 Å². The molecular formula is C18H20ClN3O2. The lowest BCUT2D eigenvalue weighted by atomic mass is 9.92. The summed E-state index contributed by atoms with van der Waals surface area (Å²) in [5.41, 5.74) is 15.4. The first-order valence-corrected chi connectivity index (χ1v) is 7.54. The van der Waals surface area contributed by atoms with Crippen molar-refractivity contribution in [1.82, 2.24) is 0 Å². The maximum absolute atomic E-state index is 12.9. The summed E-state index contributed by atoms with van der Waals surface area (Å²) in [5, 5.41) is 0. The number of hydrogen-bond acceptors (Lipinski definition) is 4. The van der Waals surface area contributed by atoms with E-state index in [1.165, 1.54) is 4.90 Å². The average molecular weight is 346 g/mol.